The third-order valence-corrected chi connectivity index (χ3v) is 8.42. The Morgan fingerprint density at radius 3 is 2.59 bits per heavy atom. The molecular formula is C28H33F2N5O2. The number of carbonyl (C=O) groups excluding carboxylic acids is 1. The van der Waals surface area contributed by atoms with Crippen LogP contribution >= 0.6 is 0 Å². The van der Waals surface area contributed by atoms with Crippen molar-refractivity contribution in [2.75, 3.05) is 23.4 Å². The Kier molecular flexibility index (Phi) is 6.34. The van der Waals surface area contributed by atoms with Crippen molar-refractivity contribution in [3.63, 3.8) is 0 Å². The van der Waals surface area contributed by atoms with Gasteiger partial charge in [0, 0.05) is 18.1 Å². The molecule has 3 aromatic rings. The number of aromatic nitrogens is 3. The molecule has 2 atom stereocenters. The van der Waals surface area contributed by atoms with Gasteiger partial charge >= 0.3 is 0 Å². The quantitative estimate of drug-likeness (QED) is 0.442. The molecule has 37 heavy (non-hydrogen) atoms. The van der Waals surface area contributed by atoms with E-state index in [4.69, 9.17) is 9.72 Å². The van der Waals surface area contributed by atoms with E-state index in [1.807, 2.05) is 18.2 Å². The number of benzene rings is 1. The molecule has 2 bridgehead atoms. The van der Waals surface area contributed by atoms with Crippen LogP contribution in [-0.2, 0) is 4.74 Å². The molecule has 0 radical (unpaired) electrons. The summed E-state index contributed by atoms with van der Waals surface area (Å²) in [6, 6.07) is 9.67. The average Bonchev–Trinajstić information content (AvgIpc) is 3.64. The highest BCUT2D eigenvalue weighted by Crippen LogP contribution is 2.38. The molecule has 1 N–H and O–H groups in total. The van der Waals surface area contributed by atoms with Crippen LogP contribution < -0.4 is 10.2 Å². The first-order valence-electron chi connectivity index (χ1n) is 13.3. The number of rotatable bonds is 6. The van der Waals surface area contributed by atoms with Crippen molar-refractivity contribution in [2.45, 2.75) is 70.6 Å². The summed E-state index contributed by atoms with van der Waals surface area (Å²) in [7, 11) is 0. The maximum Gasteiger partial charge on any atom is 0.284 e. The highest BCUT2D eigenvalue weighted by Gasteiger charge is 2.39. The second-order valence-corrected chi connectivity index (χ2v) is 11.0. The van der Waals surface area contributed by atoms with Crippen LogP contribution in [0.1, 0.15) is 74.5 Å². The van der Waals surface area contributed by atoms with Crippen molar-refractivity contribution in [2.24, 2.45) is 11.8 Å². The summed E-state index contributed by atoms with van der Waals surface area (Å²) in [4.78, 5) is 20.5. The zero-order chi connectivity index (χ0) is 25.7. The lowest BCUT2D eigenvalue weighted by Crippen LogP contribution is -2.37. The summed E-state index contributed by atoms with van der Waals surface area (Å²) >= 11 is 0. The van der Waals surface area contributed by atoms with Gasteiger partial charge in [0.05, 0.1) is 41.6 Å². The molecule has 2 aromatic heterocycles. The number of nitrogens with one attached hydrogen (secondary N) is 1. The molecule has 3 fully saturated rings. The molecule has 2 unspecified atom stereocenters. The van der Waals surface area contributed by atoms with Crippen molar-refractivity contribution in [1.82, 2.24) is 14.8 Å². The number of halogens is 2. The van der Waals surface area contributed by atoms with Gasteiger partial charge in [-0.15, -0.1) is 0 Å². The molecule has 4 heterocycles. The Hall–Kier alpha value is -3.07. The molecule has 1 aromatic carbocycles. The molecule has 0 spiro atoms. The number of hydrogen-bond acceptors (Lipinski definition) is 5. The zero-order valence-electron chi connectivity index (χ0n) is 21.2. The molecule has 1 amide bonds. The number of hydrogen-bond donors (Lipinski definition) is 1. The minimum Gasteiger partial charge on any atom is -0.374 e. The Labute approximate surface area is 215 Å². The molecule has 3 aliphatic rings. The minimum absolute atomic E-state index is 0.0631. The third-order valence-electron chi connectivity index (χ3n) is 8.42. The topological polar surface area (TPSA) is 72.3 Å². The van der Waals surface area contributed by atoms with Crippen molar-refractivity contribution in [3.8, 4) is 0 Å². The first kappa shape index (κ1) is 24.3. The van der Waals surface area contributed by atoms with E-state index >= 15 is 0 Å². The van der Waals surface area contributed by atoms with E-state index in [0.717, 1.165) is 49.9 Å². The largest absolute Gasteiger partial charge is 0.374 e. The zero-order valence-corrected chi connectivity index (χ0v) is 21.2. The minimum atomic E-state index is -2.78. The summed E-state index contributed by atoms with van der Waals surface area (Å²) in [5, 5.41) is 7.77. The standard InChI is InChI=1S/C28H33F2N5O2/c1-16(2)17-6-9-19(10-7-17)35-14-23(26(33-35)27(29)30)31-28(36)22-5-3-4-18-8-11-24(32-25(18)22)34-13-21-12-20(34)15-37-21/h3-5,8,11,14,16-17,19-21,27H,6-7,9-10,12-13,15H2,1-2H3,(H,31,36). The second kappa shape index (κ2) is 9.67. The predicted octanol–water partition coefficient (Wildman–Crippen LogP) is 5.99. The molecule has 196 valence electrons. The number of anilines is 2. The summed E-state index contributed by atoms with van der Waals surface area (Å²) in [6.07, 6.45) is 3.93. The summed E-state index contributed by atoms with van der Waals surface area (Å²) in [5.74, 6) is 1.62. The van der Waals surface area contributed by atoms with Gasteiger partial charge in [-0.05, 0) is 62.1 Å². The molecule has 1 aliphatic carbocycles. The van der Waals surface area contributed by atoms with E-state index in [1.165, 1.54) is 0 Å². The Morgan fingerprint density at radius 2 is 1.92 bits per heavy atom. The molecule has 7 nitrogen and oxygen atoms in total. The van der Waals surface area contributed by atoms with Gasteiger partial charge in [-0.2, -0.15) is 5.10 Å². The lowest BCUT2D eigenvalue weighted by Gasteiger charge is -2.30. The van der Waals surface area contributed by atoms with Crippen molar-refractivity contribution < 1.29 is 18.3 Å². The third kappa shape index (κ3) is 4.58. The normalized spacial score (nSPS) is 25.5. The maximum atomic E-state index is 13.9. The van der Waals surface area contributed by atoms with Crippen LogP contribution in [-0.4, -0.2) is 46.0 Å². The van der Waals surface area contributed by atoms with Crippen LogP contribution in [0.4, 0.5) is 20.3 Å². The van der Waals surface area contributed by atoms with Crippen LogP contribution in [0.25, 0.3) is 10.9 Å². The molecule has 1 saturated carbocycles. The Bertz CT molecular complexity index is 1300. The highest BCUT2D eigenvalue weighted by atomic mass is 19.3. The van der Waals surface area contributed by atoms with Crippen LogP contribution in [0, 0.1) is 11.8 Å². The summed E-state index contributed by atoms with van der Waals surface area (Å²) in [6.45, 7) is 5.94. The number of pyridine rings is 1. The van der Waals surface area contributed by atoms with Gasteiger partial charge in [0.15, 0.2) is 5.69 Å². The van der Waals surface area contributed by atoms with Gasteiger partial charge in [0.25, 0.3) is 12.3 Å². The van der Waals surface area contributed by atoms with E-state index < -0.39 is 12.3 Å². The first-order valence-corrected chi connectivity index (χ1v) is 13.3. The van der Waals surface area contributed by atoms with Gasteiger partial charge < -0.3 is 15.0 Å². The number of nitrogens with zero attached hydrogens (tertiary/aromatic N) is 4. The van der Waals surface area contributed by atoms with Gasteiger partial charge in [-0.25, -0.2) is 13.8 Å². The predicted molar refractivity (Wildman–Crippen MR) is 138 cm³/mol. The monoisotopic (exact) mass is 509 g/mol. The molecule has 2 aliphatic heterocycles. The Balaban J connectivity index is 1.25. The van der Waals surface area contributed by atoms with Crippen LogP contribution in [0.15, 0.2) is 36.5 Å². The first-order chi connectivity index (χ1) is 17.9. The van der Waals surface area contributed by atoms with Crippen molar-refractivity contribution in [1.29, 1.82) is 0 Å². The van der Waals surface area contributed by atoms with E-state index in [2.05, 4.69) is 29.2 Å². The SMILES string of the molecule is CC(C)C1CCC(n2cc(NC(=O)c3cccc4ccc(N5CC6CC5CO6)nc34)c(C(F)F)n2)CC1. The number of fused-ring (bicyclic) bond motifs is 3. The summed E-state index contributed by atoms with van der Waals surface area (Å²) < 4.78 is 35.2. The molecule has 9 heteroatoms. The van der Waals surface area contributed by atoms with Gasteiger partial charge in [-0.1, -0.05) is 26.0 Å². The fourth-order valence-corrected chi connectivity index (χ4v) is 6.23. The number of amides is 1. The van der Waals surface area contributed by atoms with Crippen LogP contribution in [0.3, 0.4) is 0 Å². The number of alkyl halides is 2. The number of para-hydroxylation sites is 1. The van der Waals surface area contributed by atoms with Crippen molar-refractivity contribution in [3.05, 3.63) is 47.8 Å². The van der Waals surface area contributed by atoms with Crippen LogP contribution in [0.2, 0.25) is 0 Å². The lowest BCUT2D eigenvalue weighted by atomic mass is 9.80. The van der Waals surface area contributed by atoms with E-state index in [-0.39, 0.29) is 23.5 Å². The lowest BCUT2D eigenvalue weighted by molar-refractivity contribution is 0.0988. The molecule has 2 saturated heterocycles. The highest BCUT2D eigenvalue weighted by molar-refractivity contribution is 6.12. The average molecular weight is 510 g/mol. The van der Waals surface area contributed by atoms with Crippen molar-refractivity contribution >= 4 is 28.3 Å². The second-order valence-electron chi connectivity index (χ2n) is 11.0. The van der Waals surface area contributed by atoms with Crippen LogP contribution in [0.5, 0.6) is 0 Å². The fourth-order valence-electron chi connectivity index (χ4n) is 6.23. The van der Waals surface area contributed by atoms with E-state index in [0.29, 0.717) is 35.6 Å². The maximum absolute atomic E-state index is 13.9. The van der Waals surface area contributed by atoms with Gasteiger partial charge in [0.2, 0.25) is 0 Å². The molecule has 6 rings (SSSR count). The van der Waals surface area contributed by atoms with Gasteiger partial charge in [0.1, 0.15) is 5.82 Å². The number of morpholine rings is 1. The number of ether oxygens (including phenoxy) is 1. The number of carbonyl (C=O) groups is 1. The van der Waals surface area contributed by atoms with E-state index in [1.54, 1.807) is 23.0 Å². The molecular weight excluding hydrogens is 476 g/mol. The Morgan fingerprint density at radius 1 is 1.11 bits per heavy atom. The van der Waals surface area contributed by atoms with E-state index in [9.17, 15) is 13.6 Å². The smallest absolute Gasteiger partial charge is 0.284 e. The summed E-state index contributed by atoms with van der Waals surface area (Å²) in [5.41, 5.74) is 0.582. The fraction of sp³-hybridized carbons (Fsp3) is 0.536. The van der Waals surface area contributed by atoms with Gasteiger partial charge in [-0.3, -0.25) is 9.48 Å².